The van der Waals surface area contributed by atoms with Crippen LogP contribution in [0.4, 0.5) is 13.2 Å². The molecule has 0 unspecified atom stereocenters. The first-order valence-corrected chi connectivity index (χ1v) is 8.38. The van der Waals surface area contributed by atoms with Gasteiger partial charge in [-0.05, 0) is 20.8 Å². The molecule has 0 radical (unpaired) electrons. The van der Waals surface area contributed by atoms with E-state index >= 15 is 0 Å². The highest BCUT2D eigenvalue weighted by Crippen LogP contribution is 2.36. The summed E-state index contributed by atoms with van der Waals surface area (Å²) in [7, 11) is 0. The van der Waals surface area contributed by atoms with Crippen LogP contribution >= 0.6 is 0 Å². The zero-order chi connectivity index (χ0) is 18.4. The molecule has 9 heteroatoms. The fraction of sp³-hybridized carbons (Fsp3) is 0.750. The predicted molar refractivity (Wildman–Crippen MR) is 82.1 cm³/mol. The topological polar surface area (TPSA) is 56.6 Å². The van der Waals surface area contributed by atoms with E-state index in [0.29, 0.717) is 39.1 Å². The van der Waals surface area contributed by atoms with E-state index in [0.717, 1.165) is 0 Å². The summed E-state index contributed by atoms with van der Waals surface area (Å²) in [5.41, 5.74) is -1.23. The number of carbonyl (C=O) groups is 1. The van der Waals surface area contributed by atoms with Gasteiger partial charge in [0.2, 0.25) is 0 Å². The molecule has 1 aromatic rings. The number of carbonyl (C=O) groups excluding carboxylic acids is 1. The molecule has 2 saturated heterocycles. The molecule has 1 amide bonds. The van der Waals surface area contributed by atoms with E-state index in [2.05, 4.69) is 5.10 Å². The Hall–Kier alpha value is -1.61. The Balaban J connectivity index is 1.87. The van der Waals surface area contributed by atoms with Crippen molar-refractivity contribution in [3.05, 3.63) is 17.0 Å². The number of hydrogen-bond donors (Lipinski definition) is 0. The Bertz CT molecular complexity index is 654. The number of alkyl halides is 3. The number of hydrogen-bond acceptors (Lipinski definition) is 4. The number of amides is 1. The first-order valence-electron chi connectivity index (χ1n) is 8.38. The van der Waals surface area contributed by atoms with Crippen LogP contribution in [0.3, 0.4) is 0 Å². The Morgan fingerprint density at radius 1 is 1.20 bits per heavy atom. The Morgan fingerprint density at radius 3 is 2.24 bits per heavy atom. The average molecular weight is 361 g/mol. The summed E-state index contributed by atoms with van der Waals surface area (Å²) in [6.07, 6.45) is -3.76. The lowest BCUT2D eigenvalue weighted by Gasteiger charge is -2.37. The van der Waals surface area contributed by atoms with Crippen LogP contribution in [0.2, 0.25) is 0 Å². The number of ether oxygens (including phenoxy) is 2. The SMILES string of the molecule is Cc1c(C(=O)N2CCC3(CC2)OCCO3)c(C(F)(F)F)nn1C(C)C. The van der Waals surface area contributed by atoms with Crippen LogP contribution in [0.1, 0.15) is 54.5 Å². The van der Waals surface area contributed by atoms with E-state index in [-0.39, 0.29) is 17.3 Å². The van der Waals surface area contributed by atoms with Gasteiger partial charge in [-0.3, -0.25) is 9.48 Å². The second-order valence-electron chi connectivity index (χ2n) is 6.74. The van der Waals surface area contributed by atoms with Gasteiger partial charge in [-0.1, -0.05) is 0 Å². The molecule has 0 N–H and O–H groups in total. The van der Waals surface area contributed by atoms with Crippen molar-refractivity contribution in [3.63, 3.8) is 0 Å². The summed E-state index contributed by atoms with van der Waals surface area (Å²) in [6, 6.07) is -0.271. The number of nitrogens with zero attached hydrogens (tertiary/aromatic N) is 3. The monoisotopic (exact) mass is 361 g/mol. The third-order valence-corrected chi connectivity index (χ3v) is 4.75. The van der Waals surface area contributed by atoms with Crippen molar-refractivity contribution in [2.75, 3.05) is 26.3 Å². The summed E-state index contributed by atoms with van der Waals surface area (Å²) in [5.74, 6) is -1.31. The number of likely N-dealkylation sites (tertiary alicyclic amines) is 1. The van der Waals surface area contributed by atoms with Gasteiger partial charge < -0.3 is 14.4 Å². The lowest BCUT2D eigenvalue weighted by atomic mass is 10.0. The highest BCUT2D eigenvalue weighted by Gasteiger charge is 2.45. The molecule has 0 aromatic carbocycles. The van der Waals surface area contributed by atoms with E-state index < -0.39 is 23.6 Å². The zero-order valence-electron chi connectivity index (χ0n) is 14.5. The summed E-state index contributed by atoms with van der Waals surface area (Å²) in [6.45, 7) is 6.56. The van der Waals surface area contributed by atoms with Crippen molar-refractivity contribution >= 4 is 5.91 Å². The number of aromatic nitrogens is 2. The average Bonchev–Trinajstić information content (AvgIpc) is 3.12. The fourth-order valence-corrected chi connectivity index (χ4v) is 3.47. The summed E-state index contributed by atoms with van der Waals surface area (Å²) in [4.78, 5) is 14.2. The number of piperidine rings is 1. The first kappa shape index (κ1) is 18.2. The molecule has 2 aliphatic rings. The van der Waals surface area contributed by atoms with Gasteiger partial charge in [-0.2, -0.15) is 18.3 Å². The molecule has 25 heavy (non-hydrogen) atoms. The standard InChI is InChI=1S/C16H22F3N3O3/c1-10(2)22-11(3)12(13(20-22)16(17,18)19)14(23)21-6-4-15(5-7-21)24-8-9-25-15/h10H,4-9H2,1-3H3. The van der Waals surface area contributed by atoms with E-state index in [4.69, 9.17) is 9.47 Å². The molecule has 3 rings (SSSR count). The summed E-state index contributed by atoms with van der Waals surface area (Å²) >= 11 is 0. The van der Waals surface area contributed by atoms with Gasteiger partial charge in [0.05, 0.1) is 18.8 Å². The minimum absolute atomic E-state index is 0.237. The van der Waals surface area contributed by atoms with Crippen LogP contribution in [-0.2, 0) is 15.7 Å². The highest BCUT2D eigenvalue weighted by molar-refractivity contribution is 5.96. The van der Waals surface area contributed by atoms with Gasteiger partial charge in [-0.25, -0.2) is 0 Å². The molecule has 0 bridgehead atoms. The lowest BCUT2D eigenvalue weighted by molar-refractivity contribution is -0.181. The quantitative estimate of drug-likeness (QED) is 0.813. The van der Waals surface area contributed by atoms with Crippen LogP contribution in [0.15, 0.2) is 0 Å². The third kappa shape index (κ3) is 3.27. The van der Waals surface area contributed by atoms with Crippen molar-refractivity contribution in [2.24, 2.45) is 0 Å². The van der Waals surface area contributed by atoms with Gasteiger partial charge in [0.15, 0.2) is 11.5 Å². The molecule has 6 nitrogen and oxygen atoms in total. The number of halogens is 3. The van der Waals surface area contributed by atoms with E-state index in [1.807, 2.05) is 0 Å². The Labute approximate surface area is 143 Å². The smallest absolute Gasteiger partial charge is 0.347 e. The minimum Gasteiger partial charge on any atom is -0.347 e. The normalized spacial score (nSPS) is 20.7. The van der Waals surface area contributed by atoms with Crippen molar-refractivity contribution < 1.29 is 27.4 Å². The van der Waals surface area contributed by atoms with Gasteiger partial charge >= 0.3 is 6.18 Å². The molecule has 3 heterocycles. The third-order valence-electron chi connectivity index (χ3n) is 4.75. The highest BCUT2D eigenvalue weighted by atomic mass is 19.4. The van der Waals surface area contributed by atoms with E-state index in [1.165, 1.54) is 16.5 Å². The molecular weight excluding hydrogens is 339 g/mol. The molecule has 1 aromatic heterocycles. The van der Waals surface area contributed by atoms with Crippen molar-refractivity contribution in [1.29, 1.82) is 0 Å². The first-order chi connectivity index (χ1) is 11.6. The van der Waals surface area contributed by atoms with Crippen LogP contribution < -0.4 is 0 Å². The van der Waals surface area contributed by atoms with Gasteiger partial charge in [0.1, 0.15) is 0 Å². The molecular formula is C16H22F3N3O3. The van der Waals surface area contributed by atoms with Crippen LogP contribution in [-0.4, -0.2) is 52.7 Å². The van der Waals surface area contributed by atoms with E-state index in [9.17, 15) is 18.0 Å². The van der Waals surface area contributed by atoms with Crippen LogP contribution in [0.5, 0.6) is 0 Å². The fourth-order valence-electron chi connectivity index (χ4n) is 3.47. The molecule has 0 saturated carbocycles. The molecule has 2 aliphatic heterocycles. The minimum atomic E-state index is -4.68. The van der Waals surface area contributed by atoms with E-state index in [1.54, 1.807) is 13.8 Å². The second kappa shape index (κ2) is 6.28. The van der Waals surface area contributed by atoms with Crippen molar-refractivity contribution in [2.45, 2.75) is 51.6 Å². The molecule has 140 valence electrons. The lowest BCUT2D eigenvalue weighted by Crippen LogP contribution is -2.47. The van der Waals surface area contributed by atoms with Crippen LogP contribution in [0, 0.1) is 6.92 Å². The Kier molecular flexibility index (Phi) is 4.57. The molecule has 0 atom stereocenters. The predicted octanol–water partition coefficient (Wildman–Crippen LogP) is 2.77. The zero-order valence-corrected chi connectivity index (χ0v) is 14.5. The number of rotatable bonds is 2. The van der Waals surface area contributed by atoms with Gasteiger partial charge in [0, 0.05) is 37.7 Å². The maximum Gasteiger partial charge on any atom is 0.435 e. The summed E-state index contributed by atoms with van der Waals surface area (Å²) < 4.78 is 52.6. The maximum absolute atomic E-state index is 13.4. The molecule has 2 fully saturated rings. The van der Waals surface area contributed by atoms with Gasteiger partial charge in [-0.15, -0.1) is 0 Å². The summed E-state index contributed by atoms with van der Waals surface area (Å²) in [5, 5.41) is 3.66. The van der Waals surface area contributed by atoms with Gasteiger partial charge in [0.25, 0.3) is 5.91 Å². The maximum atomic E-state index is 13.4. The molecule has 0 aliphatic carbocycles. The van der Waals surface area contributed by atoms with Crippen molar-refractivity contribution in [1.82, 2.24) is 14.7 Å². The Morgan fingerprint density at radius 2 is 1.76 bits per heavy atom. The van der Waals surface area contributed by atoms with Crippen LogP contribution in [0.25, 0.3) is 0 Å². The largest absolute Gasteiger partial charge is 0.435 e. The molecule has 1 spiro atoms. The van der Waals surface area contributed by atoms with Crippen molar-refractivity contribution in [3.8, 4) is 0 Å². The second-order valence-corrected chi connectivity index (χ2v) is 6.74.